The average molecular weight is 787 g/mol. The number of nitrogens with zero attached hydrogens (tertiary/aromatic N) is 4. The number of benzene rings is 1. The normalized spacial score (nSPS) is 14.5. The summed E-state index contributed by atoms with van der Waals surface area (Å²) in [6.45, 7) is 8.24. The van der Waals surface area contributed by atoms with Crippen molar-refractivity contribution < 1.29 is 43.3 Å². The van der Waals surface area contributed by atoms with Crippen molar-refractivity contribution in [2.75, 3.05) is 67.2 Å². The van der Waals surface area contributed by atoms with E-state index in [0.29, 0.717) is 45.4 Å². The molecule has 0 unspecified atom stereocenters. The molecule has 0 spiro atoms. The number of ether oxygens (including phenoxy) is 2. The minimum Gasteiger partial charge on any atom is -0.481 e. The summed E-state index contributed by atoms with van der Waals surface area (Å²) in [6.07, 6.45) is 1.11. The molecule has 2 heterocycles. The Morgan fingerprint density at radius 2 is 1.55 bits per heavy atom. The van der Waals surface area contributed by atoms with Crippen LogP contribution in [0.1, 0.15) is 65.0 Å². The number of amides is 5. The number of likely N-dealkylation sites (N-methyl/N-ethyl adjacent to an activating group) is 1. The number of aromatic nitrogens is 1. The molecule has 312 valence electrons. The fraction of sp³-hybridized carbons (Fsp3) is 0.641. The number of carboxylic acids is 1. The van der Waals surface area contributed by atoms with Crippen LogP contribution in [-0.2, 0) is 51.3 Å². The van der Waals surface area contributed by atoms with Crippen molar-refractivity contribution in [1.29, 1.82) is 0 Å². The van der Waals surface area contributed by atoms with Gasteiger partial charge in [0.15, 0.2) is 0 Å². The van der Waals surface area contributed by atoms with E-state index in [-0.39, 0.29) is 81.9 Å². The average Bonchev–Trinajstić information content (AvgIpc) is 3.53. The van der Waals surface area contributed by atoms with Crippen molar-refractivity contribution in [2.24, 2.45) is 5.92 Å². The summed E-state index contributed by atoms with van der Waals surface area (Å²) in [4.78, 5) is 79.3. The zero-order valence-corrected chi connectivity index (χ0v) is 33.8. The van der Waals surface area contributed by atoms with Crippen molar-refractivity contribution in [1.82, 2.24) is 40.8 Å². The summed E-state index contributed by atoms with van der Waals surface area (Å²) in [7, 11) is 5.30. The van der Waals surface area contributed by atoms with Crippen LogP contribution in [0.25, 0.3) is 10.9 Å². The molecule has 5 N–H and O–H groups in total. The van der Waals surface area contributed by atoms with Gasteiger partial charge in [0.05, 0.1) is 39.4 Å². The van der Waals surface area contributed by atoms with E-state index in [1.165, 1.54) is 7.05 Å². The summed E-state index contributed by atoms with van der Waals surface area (Å²) < 4.78 is 13.2. The number of hydrazine groups is 1. The number of nitrogens with one attached hydrogen (secondary N) is 4. The zero-order chi connectivity index (χ0) is 41.2. The largest absolute Gasteiger partial charge is 0.481 e. The molecule has 0 bridgehead atoms. The van der Waals surface area contributed by atoms with Crippen LogP contribution in [0.4, 0.5) is 0 Å². The number of rotatable bonds is 24. The number of carboxylic acid groups (broad SMARTS) is 1. The first kappa shape index (κ1) is 45.8. The number of hydrogen-bond acceptors (Lipinski definition) is 10. The third-order valence-corrected chi connectivity index (χ3v) is 9.94. The number of likely N-dealkylation sites (tertiary alicyclic amines) is 1. The van der Waals surface area contributed by atoms with Crippen LogP contribution in [0, 0.1) is 5.92 Å². The monoisotopic (exact) mass is 786 g/mol. The molecule has 1 aromatic carbocycles. The molecule has 1 saturated heterocycles. The topological polar surface area (TPSA) is 204 Å². The maximum atomic E-state index is 13.7. The van der Waals surface area contributed by atoms with Gasteiger partial charge in [-0.05, 0) is 50.2 Å². The molecule has 3 rings (SSSR count). The van der Waals surface area contributed by atoms with E-state index >= 15 is 0 Å². The summed E-state index contributed by atoms with van der Waals surface area (Å²) in [5.41, 5.74) is 5.31. The Labute approximate surface area is 329 Å². The first-order valence-corrected chi connectivity index (χ1v) is 19.5. The van der Waals surface area contributed by atoms with Crippen LogP contribution in [-0.4, -0.2) is 145 Å². The van der Waals surface area contributed by atoms with Crippen LogP contribution in [0.2, 0.25) is 0 Å². The van der Waals surface area contributed by atoms with Crippen LogP contribution < -0.4 is 21.4 Å². The molecule has 5 amide bonds. The maximum Gasteiger partial charge on any atom is 0.305 e. The zero-order valence-electron chi connectivity index (χ0n) is 33.8. The second-order valence-corrected chi connectivity index (χ2v) is 14.4. The van der Waals surface area contributed by atoms with Crippen molar-refractivity contribution in [3.05, 3.63) is 36.0 Å². The van der Waals surface area contributed by atoms with Gasteiger partial charge in [-0.25, -0.2) is 5.01 Å². The molecule has 1 aliphatic heterocycles. The van der Waals surface area contributed by atoms with Crippen LogP contribution in [0.15, 0.2) is 30.3 Å². The fourth-order valence-electron chi connectivity index (χ4n) is 6.66. The first-order valence-electron chi connectivity index (χ1n) is 19.5. The van der Waals surface area contributed by atoms with E-state index in [1.54, 1.807) is 25.7 Å². The van der Waals surface area contributed by atoms with E-state index in [0.717, 1.165) is 16.6 Å². The van der Waals surface area contributed by atoms with Gasteiger partial charge in [-0.2, -0.15) is 0 Å². The number of para-hydroxylation sites is 1. The minimum absolute atomic E-state index is 0.0448. The molecule has 17 nitrogen and oxygen atoms in total. The molecule has 0 aliphatic carbocycles. The molecule has 0 saturated carbocycles. The Bertz CT molecular complexity index is 1610. The van der Waals surface area contributed by atoms with E-state index < -0.39 is 29.9 Å². The van der Waals surface area contributed by atoms with Crippen LogP contribution in [0.3, 0.4) is 0 Å². The molecule has 0 radical (unpaired) electrons. The van der Waals surface area contributed by atoms with Gasteiger partial charge in [0.2, 0.25) is 29.5 Å². The highest BCUT2D eigenvalue weighted by molar-refractivity contribution is 5.92. The van der Waals surface area contributed by atoms with Gasteiger partial charge in [0.25, 0.3) is 0 Å². The van der Waals surface area contributed by atoms with Gasteiger partial charge in [-0.3, -0.25) is 34.2 Å². The number of hydrogen-bond donors (Lipinski definition) is 5. The number of carbonyl (C=O) groups is 6. The molecule has 2 atom stereocenters. The molecule has 56 heavy (non-hydrogen) atoms. The highest BCUT2D eigenvalue weighted by Crippen LogP contribution is 2.23. The van der Waals surface area contributed by atoms with E-state index in [9.17, 15) is 28.8 Å². The number of piperidine rings is 1. The summed E-state index contributed by atoms with van der Waals surface area (Å²) >= 11 is 0. The molecule has 1 aliphatic rings. The lowest BCUT2D eigenvalue weighted by Gasteiger charge is -2.39. The van der Waals surface area contributed by atoms with Crippen molar-refractivity contribution >= 4 is 46.4 Å². The summed E-state index contributed by atoms with van der Waals surface area (Å²) in [5.74, 6) is -2.75. The van der Waals surface area contributed by atoms with E-state index in [2.05, 4.69) is 44.1 Å². The van der Waals surface area contributed by atoms with Gasteiger partial charge >= 0.3 is 5.97 Å². The van der Waals surface area contributed by atoms with Crippen molar-refractivity contribution in [3.63, 3.8) is 0 Å². The molecule has 2 aromatic rings. The minimum atomic E-state index is -0.947. The molecule has 1 fully saturated rings. The van der Waals surface area contributed by atoms with Gasteiger partial charge in [0.1, 0.15) is 12.1 Å². The first-order chi connectivity index (χ1) is 26.7. The van der Waals surface area contributed by atoms with Gasteiger partial charge in [-0.1, -0.05) is 32.0 Å². The van der Waals surface area contributed by atoms with Gasteiger partial charge in [-0.15, -0.1) is 0 Å². The van der Waals surface area contributed by atoms with Crippen molar-refractivity contribution in [2.45, 2.75) is 90.5 Å². The predicted octanol–water partition coefficient (Wildman–Crippen LogP) is 1.10. The Balaban J connectivity index is 1.59. The quantitative estimate of drug-likeness (QED) is 0.0753. The number of aliphatic carboxylic acids is 1. The maximum absolute atomic E-state index is 13.7. The van der Waals surface area contributed by atoms with E-state index in [1.807, 2.05) is 36.1 Å². The second kappa shape index (κ2) is 23.5. The Morgan fingerprint density at radius 3 is 2.20 bits per heavy atom. The highest BCUT2D eigenvalue weighted by Gasteiger charge is 2.31. The Hall–Kier alpha value is -4.58. The van der Waals surface area contributed by atoms with Crippen LogP contribution >= 0.6 is 0 Å². The fourth-order valence-corrected chi connectivity index (χ4v) is 6.66. The molecule has 17 heteroatoms. The summed E-state index contributed by atoms with van der Waals surface area (Å²) in [6, 6.07) is 8.43. The number of fused-ring (bicyclic) bond motifs is 1. The highest BCUT2D eigenvalue weighted by atomic mass is 16.5. The molecular weight excluding hydrogens is 724 g/mol. The Morgan fingerprint density at radius 1 is 0.875 bits per heavy atom. The second-order valence-electron chi connectivity index (χ2n) is 14.4. The third-order valence-electron chi connectivity index (χ3n) is 9.94. The van der Waals surface area contributed by atoms with Gasteiger partial charge < -0.3 is 44.9 Å². The molecule has 1 aromatic heterocycles. The van der Waals surface area contributed by atoms with Crippen molar-refractivity contribution in [3.8, 4) is 0 Å². The predicted molar refractivity (Wildman–Crippen MR) is 210 cm³/mol. The molecular formula is C39H62N8O9. The third kappa shape index (κ3) is 14.5. The Kier molecular flexibility index (Phi) is 19.2. The lowest BCUT2D eigenvalue weighted by molar-refractivity contribution is -0.139. The SMILES string of the molecule is CNC(=O)[C@H](C)NC(=O)[C@@H](NC(=O)CCC(=O)N(CCOCCOCCC(=O)O)C1CCN(C(=O)CCn2c(CN(C)NC)cc3ccccc32)CC1)C(C)C. The van der Waals surface area contributed by atoms with E-state index in [4.69, 9.17) is 14.6 Å². The standard InChI is InChI=1S/C39H62N8O9/c1-27(2)37(39(54)42-28(3)38(53)40-4)43-33(48)11-12-35(50)47(20-22-56-24-23-55-21-16-36(51)52)30-13-17-45(18-14-30)34(49)15-19-46-31(26-44(6)41-5)25-29-9-7-8-10-32(29)46/h7-10,25,27-28,30,37,41H,11-24,26H2,1-6H3,(H,40,53)(H,42,54)(H,43,48)(H,51,52)/t28-,37-/m0/s1. The lowest BCUT2D eigenvalue weighted by Crippen LogP contribution is -2.54. The van der Waals surface area contributed by atoms with Crippen LogP contribution in [0.5, 0.6) is 0 Å². The summed E-state index contributed by atoms with van der Waals surface area (Å²) in [5, 5.41) is 19.7. The van der Waals surface area contributed by atoms with Gasteiger partial charge in [0, 0.05) is 76.8 Å². The lowest BCUT2D eigenvalue weighted by atomic mass is 10.0. The number of carbonyl (C=O) groups excluding carboxylic acids is 5. The number of aryl methyl sites for hydroxylation is 1. The smallest absolute Gasteiger partial charge is 0.305 e.